The third-order valence-electron chi connectivity index (χ3n) is 0.865. The first-order chi connectivity index (χ1) is 4.34. The van der Waals surface area contributed by atoms with E-state index in [1.807, 2.05) is 0 Å². The normalized spacial score (nSPS) is 14.3. The molecule has 0 fully saturated rings. The summed E-state index contributed by atoms with van der Waals surface area (Å²) in [5.74, 6) is 0. The molecule has 2 N–H and O–H groups in total. The standard InChI is InChI=1S/C4H11NO4S.Na.H/c1-5(2)3-4(6)10(7,8)9;;/h4,6H,3H2,1-2H3,(H,7,8,9);;. The molecular weight excluding hydrogens is 181 g/mol. The summed E-state index contributed by atoms with van der Waals surface area (Å²) in [5, 5.41) is 8.68. The van der Waals surface area contributed by atoms with E-state index in [1.54, 1.807) is 14.1 Å². The quantitative estimate of drug-likeness (QED) is 0.404. The van der Waals surface area contributed by atoms with E-state index in [4.69, 9.17) is 9.66 Å². The van der Waals surface area contributed by atoms with Crippen LogP contribution in [0.4, 0.5) is 0 Å². The zero-order valence-corrected chi connectivity index (χ0v) is 6.67. The van der Waals surface area contributed by atoms with Gasteiger partial charge in [-0.25, -0.2) is 0 Å². The van der Waals surface area contributed by atoms with E-state index < -0.39 is 15.6 Å². The first kappa shape index (κ1) is 14.4. The van der Waals surface area contributed by atoms with E-state index >= 15 is 0 Å². The molecule has 0 amide bonds. The molecule has 7 heteroatoms. The summed E-state index contributed by atoms with van der Waals surface area (Å²) in [6, 6.07) is 0. The molecule has 0 aromatic heterocycles. The van der Waals surface area contributed by atoms with Crippen molar-refractivity contribution in [3.8, 4) is 0 Å². The molecule has 0 saturated carbocycles. The number of hydrogen-bond acceptors (Lipinski definition) is 4. The number of hydrogen-bond donors (Lipinski definition) is 2. The molecule has 0 aliphatic heterocycles. The van der Waals surface area contributed by atoms with Crippen molar-refractivity contribution in [2.24, 2.45) is 0 Å². The summed E-state index contributed by atoms with van der Waals surface area (Å²) in [4.78, 5) is 1.46. The minimum atomic E-state index is -4.28. The molecule has 0 bridgehead atoms. The third kappa shape index (κ3) is 7.20. The van der Waals surface area contributed by atoms with Crippen molar-refractivity contribution in [3.63, 3.8) is 0 Å². The van der Waals surface area contributed by atoms with E-state index in [-0.39, 0.29) is 36.1 Å². The van der Waals surface area contributed by atoms with Gasteiger partial charge in [-0.05, 0) is 14.1 Å². The Morgan fingerprint density at radius 2 is 1.82 bits per heavy atom. The first-order valence-electron chi connectivity index (χ1n) is 2.63. The Morgan fingerprint density at radius 1 is 1.45 bits per heavy atom. The van der Waals surface area contributed by atoms with Gasteiger partial charge in [0.1, 0.15) is 0 Å². The first-order valence-corrected chi connectivity index (χ1v) is 4.13. The second kappa shape index (κ2) is 5.47. The SMILES string of the molecule is CN(C)CC(O)S(=O)(=O)O.[NaH]. The van der Waals surface area contributed by atoms with Gasteiger partial charge in [0.05, 0.1) is 0 Å². The van der Waals surface area contributed by atoms with E-state index in [0.29, 0.717) is 0 Å². The molecule has 0 spiro atoms. The van der Waals surface area contributed by atoms with Crippen LogP contribution in [0.2, 0.25) is 0 Å². The van der Waals surface area contributed by atoms with Crippen LogP contribution in [0.25, 0.3) is 0 Å². The number of likely N-dealkylation sites (N-methyl/N-ethyl adjacent to an activating group) is 1. The second-order valence-electron chi connectivity index (χ2n) is 2.23. The monoisotopic (exact) mass is 193 g/mol. The van der Waals surface area contributed by atoms with Crippen LogP contribution in [0.3, 0.4) is 0 Å². The summed E-state index contributed by atoms with van der Waals surface area (Å²) in [5.41, 5.74) is -1.71. The van der Waals surface area contributed by atoms with Crippen molar-refractivity contribution < 1.29 is 18.1 Å². The Morgan fingerprint density at radius 3 is 1.91 bits per heavy atom. The van der Waals surface area contributed by atoms with Gasteiger partial charge in [0, 0.05) is 6.54 Å². The molecule has 1 unspecified atom stereocenters. The van der Waals surface area contributed by atoms with Crippen molar-refractivity contribution in [1.29, 1.82) is 0 Å². The van der Waals surface area contributed by atoms with Crippen molar-refractivity contribution in [2.75, 3.05) is 20.6 Å². The van der Waals surface area contributed by atoms with Crippen LogP contribution in [0.1, 0.15) is 0 Å². The fourth-order valence-electron chi connectivity index (χ4n) is 0.407. The van der Waals surface area contributed by atoms with Gasteiger partial charge in [0.15, 0.2) is 5.44 Å². The van der Waals surface area contributed by atoms with Crippen LogP contribution in [-0.4, -0.2) is 78.6 Å². The number of nitrogens with zero attached hydrogens (tertiary/aromatic N) is 1. The van der Waals surface area contributed by atoms with Crippen LogP contribution < -0.4 is 0 Å². The minimum absolute atomic E-state index is 0. The summed E-state index contributed by atoms with van der Waals surface area (Å²) in [7, 11) is -1.10. The fourth-order valence-corrected chi connectivity index (χ4v) is 0.893. The van der Waals surface area contributed by atoms with Gasteiger partial charge in [-0.2, -0.15) is 8.42 Å². The molecule has 0 aliphatic carbocycles. The van der Waals surface area contributed by atoms with Crippen molar-refractivity contribution in [1.82, 2.24) is 4.90 Å². The number of aliphatic hydroxyl groups excluding tert-OH is 1. The van der Waals surface area contributed by atoms with Crippen LogP contribution >= 0.6 is 0 Å². The predicted octanol–water partition coefficient (Wildman–Crippen LogP) is -1.89. The van der Waals surface area contributed by atoms with Crippen molar-refractivity contribution in [2.45, 2.75) is 5.44 Å². The Bertz CT molecular complexity index is 190. The average Bonchev–Trinajstić information content (AvgIpc) is 1.60. The van der Waals surface area contributed by atoms with Crippen molar-refractivity contribution in [3.05, 3.63) is 0 Å². The Labute approximate surface area is 88.4 Å². The summed E-state index contributed by atoms with van der Waals surface area (Å²) in [6.45, 7) is -0.0984. The van der Waals surface area contributed by atoms with Gasteiger partial charge >= 0.3 is 29.6 Å². The van der Waals surface area contributed by atoms with Gasteiger partial charge in [-0.15, -0.1) is 0 Å². The molecule has 0 saturated heterocycles. The van der Waals surface area contributed by atoms with Crippen LogP contribution in [-0.2, 0) is 10.1 Å². The maximum absolute atomic E-state index is 10.1. The molecule has 11 heavy (non-hydrogen) atoms. The van der Waals surface area contributed by atoms with E-state index in [2.05, 4.69) is 0 Å². The van der Waals surface area contributed by atoms with Gasteiger partial charge < -0.3 is 10.0 Å². The molecule has 5 nitrogen and oxygen atoms in total. The molecule has 0 aliphatic rings. The number of rotatable bonds is 3. The van der Waals surface area contributed by atoms with Crippen LogP contribution in [0.5, 0.6) is 0 Å². The molecule has 0 aromatic rings. The zero-order chi connectivity index (χ0) is 8.36. The van der Waals surface area contributed by atoms with Gasteiger partial charge in [0.2, 0.25) is 0 Å². The summed E-state index contributed by atoms with van der Waals surface area (Å²) < 4.78 is 28.5. The Balaban J connectivity index is 0. The third-order valence-corrected chi connectivity index (χ3v) is 1.70. The topological polar surface area (TPSA) is 77.8 Å². The Kier molecular flexibility index (Phi) is 7.14. The number of aliphatic hydroxyl groups is 1. The van der Waals surface area contributed by atoms with Gasteiger partial charge in [0.25, 0.3) is 10.1 Å². The molecule has 0 rings (SSSR count). The van der Waals surface area contributed by atoms with E-state index in [1.165, 1.54) is 4.90 Å². The molecule has 1 atom stereocenters. The Hall–Kier alpha value is 0.830. The zero-order valence-electron chi connectivity index (χ0n) is 5.85. The summed E-state index contributed by atoms with van der Waals surface area (Å²) >= 11 is 0. The van der Waals surface area contributed by atoms with Crippen LogP contribution in [0, 0.1) is 0 Å². The molecular formula is C4H12NNaO4S. The molecule has 0 radical (unpaired) electrons. The summed E-state index contributed by atoms with van der Waals surface area (Å²) in [6.07, 6.45) is 0. The van der Waals surface area contributed by atoms with E-state index in [9.17, 15) is 8.42 Å². The molecule has 0 aromatic carbocycles. The van der Waals surface area contributed by atoms with Gasteiger partial charge in [-0.3, -0.25) is 4.55 Å². The van der Waals surface area contributed by atoms with E-state index in [0.717, 1.165) is 0 Å². The van der Waals surface area contributed by atoms with Crippen LogP contribution in [0.15, 0.2) is 0 Å². The van der Waals surface area contributed by atoms with Gasteiger partial charge in [-0.1, -0.05) is 0 Å². The predicted molar refractivity (Wildman–Crippen MR) is 43.3 cm³/mol. The van der Waals surface area contributed by atoms with Crippen molar-refractivity contribution >= 4 is 39.7 Å². The average molecular weight is 193 g/mol. The molecule has 0 heterocycles. The second-order valence-corrected chi connectivity index (χ2v) is 3.81. The molecule has 64 valence electrons. The maximum atomic E-state index is 10.1. The fraction of sp³-hybridized carbons (Fsp3) is 1.00.